The molecule has 2 heterocycles. The van der Waals surface area contributed by atoms with Crippen LogP contribution in [0.5, 0.6) is 0 Å². The Morgan fingerprint density at radius 2 is 1.63 bits per heavy atom. The first-order valence-corrected chi connectivity index (χ1v) is 10.2. The van der Waals surface area contributed by atoms with Gasteiger partial charge in [-0.2, -0.15) is 0 Å². The molecule has 0 saturated carbocycles. The molecule has 4 rings (SSSR count). The molecule has 2 unspecified atom stereocenters. The molecule has 2 saturated heterocycles. The summed E-state index contributed by atoms with van der Waals surface area (Å²) in [6.45, 7) is 4.34. The third kappa shape index (κ3) is 4.67. The highest BCUT2D eigenvalue weighted by Crippen LogP contribution is 2.25. The first-order valence-electron chi connectivity index (χ1n) is 10.2. The zero-order chi connectivity index (χ0) is 21.1. The highest BCUT2D eigenvalue weighted by molar-refractivity contribution is 5.95. The quantitative estimate of drug-likeness (QED) is 0.719. The zero-order valence-electron chi connectivity index (χ0n) is 16.9. The Labute approximate surface area is 175 Å². The molecule has 3 N–H and O–H groups in total. The summed E-state index contributed by atoms with van der Waals surface area (Å²) in [5, 5.41) is 2.70. The van der Waals surface area contributed by atoms with Gasteiger partial charge >= 0.3 is 0 Å². The second-order valence-corrected chi connectivity index (χ2v) is 7.73. The monoisotopic (exact) mass is 411 g/mol. The first-order chi connectivity index (χ1) is 14.5. The van der Waals surface area contributed by atoms with E-state index < -0.39 is 0 Å². The molecule has 0 spiro atoms. The molecule has 8 heteroatoms. The number of nitrogens with zero attached hydrogens (tertiary/aromatic N) is 2. The number of piperazine rings is 1. The predicted molar refractivity (Wildman–Crippen MR) is 112 cm³/mol. The third-order valence-electron chi connectivity index (χ3n) is 5.65. The van der Waals surface area contributed by atoms with Gasteiger partial charge in [-0.1, -0.05) is 12.1 Å². The van der Waals surface area contributed by atoms with E-state index in [9.17, 15) is 14.0 Å². The lowest BCUT2D eigenvalue weighted by Crippen LogP contribution is -2.55. The van der Waals surface area contributed by atoms with Crippen molar-refractivity contribution >= 4 is 17.5 Å². The number of anilines is 1. The summed E-state index contributed by atoms with van der Waals surface area (Å²) in [4.78, 5) is 28.1. The first kappa shape index (κ1) is 20.5. The van der Waals surface area contributed by atoms with Crippen molar-refractivity contribution in [1.82, 2.24) is 20.7 Å². The fourth-order valence-corrected chi connectivity index (χ4v) is 4.01. The molecule has 2 aromatic rings. The van der Waals surface area contributed by atoms with Crippen LogP contribution >= 0.6 is 0 Å². The number of amides is 2. The van der Waals surface area contributed by atoms with Gasteiger partial charge in [0.2, 0.25) is 5.91 Å². The average Bonchev–Trinajstić information content (AvgIpc) is 3.24. The van der Waals surface area contributed by atoms with Crippen LogP contribution in [-0.4, -0.2) is 54.0 Å². The van der Waals surface area contributed by atoms with Crippen molar-refractivity contribution in [3.8, 4) is 0 Å². The van der Waals surface area contributed by atoms with Gasteiger partial charge in [0, 0.05) is 50.4 Å². The second kappa shape index (κ2) is 8.91. The lowest BCUT2D eigenvalue weighted by atomic mass is 10.0. The third-order valence-corrected chi connectivity index (χ3v) is 5.65. The summed E-state index contributed by atoms with van der Waals surface area (Å²) in [6.07, 6.45) is 1.05. The Hall–Kier alpha value is -2.81. The van der Waals surface area contributed by atoms with Crippen molar-refractivity contribution in [2.75, 3.05) is 31.5 Å². The van der Waals surface area contributed by atoms with Crippen LogP contribution < -0.4 is 16.2 Å². The van der Waals surface area contributed by atoms with Crippen molar-refractivity contribution in [2.45, 2.75) is 25.6 Å². The summed E-state index contributed by atoms with van der Waals surface area (Å²) in [6, 6.07) is 13.7. The molecule has 7 nitrogen and oxygen atoms in total. The van der Waals surface area contributed by atoms with E-state index in [0.29, 0.717) is 24.3 Å². The van der Waals surface area contributed by atoms with E-state index in [2.05, 4.69) is 21.1 Å². The molecular formula is C22H26FN5O2. The number of carbonyl (C=O) groups excluding carboxylic acids is 2. The molecule has 0 bridgehead atoms. The molecule has 0 aromatic heterocycles. The van der Waals surface area contributed by atoms with E-state index >= 15 is 0 Å². The Balaban J connectivity index is 1.29. The second-order valence-electron chi connectivity index (χ2n) is 7.73. The molecular weight excluding hydrogens is 385 g/mol. The number of hydrogen-bond acceptors (Lipinski definition) is 5. The number of nitrogens with one attached hydrogen (secondary N) is 3. The van der Waals surface area contributed by atoms with Crippen LogP contribution in [0.4, 0.5) is 10.1 Å². The lowest BCUT2D eigenvalue weighted by Gasteiger charge is -2.37. The summed E-state index contributed by atoms with van der Waals surface area (Å²) < 4.78 is 13.1. The summed E-state index contributed by atoms with van der Waals surface area (Å²) in [5.41, 5.74) is 8.98. The number of benzene rings is 2. The molecule has 2 aliphatic rings. The Bertz CT molecular complexity index is 895. The summed E-state index contributed by atoms with van der Waals surface area (Å²) in [7, 11) is 0. The van der Waals surface area contributed by atoms with E-state index in [1.165, 1.54) is 19.1 Å². The maximum Gasteiger partial charge on any atom is 0.253 e. The molecule has 0 radical (unpaired) electrons. The number of carbonyl (C=O) groups is 2. The van der Waals surface area contributed by atoms with Crippen molar-refractivity contribution in [3.63, 3.8) is 0 Å². The highest BCUT2D eigenvalue weighted by atomic mass is 19.1. The van der Waals surface area contributed by atoms with Crippen LogP contribution in [0.2, 0.25) is 0 Å². The van der Waals surface area contributed by atoms with Crippen LogP contribution in [0.1, 0.15) is 35.3 Å². The van der Waals surface area contributed by atoms with Crippen LogP contribution in [0.25, 0.3) is 0 Å². The van der Waals surface area contributed by atoms with Crippen molar-refractivity contribution < 1.29 is 14.0 Å². The topological polar surface area (TPSA) is 76.7 Å². The smallest absolute Gasteiger partial charge is 0.253 e. The Kier molecular flexibility index (Phi) is 6.08. The van der Waals surface area contributed by atoms with Gasteiger partial charge < -0.3 is 10.2 Å². The van der Waals surface area contributed by atoms with Crippen LogP contribution in [0.3, 0.4) is 0 Å². The van der Waals surface area contributed by atoms with E-state index in [-0.39, 0.29) is 29.8 Å². The molecule has 2 aromatic carbocycles. The molecule has 30 heavy (non-hydrogen) atoms. The number of rotatable bonds is 4. The number of hydrogen-bond donors (Lipinski definition) is 3. The van der Waals surface area contributed by atoms with Gasteiger partial charge in [0.1, 0.15) is 5.82 Å². The number of halogens is 1. The summed E-state index contributed by atoms with van der Waals surface area (Å²) in [5.74, 6) is -0.362. The Morgan fingerprint density at radius 1 is 0.967 bits per heavy atom. The maximum absolute atomic E-state index is 13.1. The van der Waals surface area contributed by atoms with Crippen LogP contribution in [0, 0.1) is 5.82 Å². The largest absolute Gasteiger partial charge is 0.336 e. The Morgan fingerprint density at radius 3 is 2.27 bits per heavy atom. The molecule has 2 amide bonds. The van der Waals surface area contributed by atoms with E-state index in [4.69, 9.17) is 0 Å². The minimum Gasteiger partial charge on any atom is -0.336 e. The van der Waals surface area contributed by atoms with Gasteiger partial charge in [-0.25, -0.2) is 15.2 Å². The minimum absolute atomic E-state index is 0.00530. The van der Waals surface area contributed by atoms with Gasteiger partial charge in [-0.3, -0.25) is 14.5 Å². The molecule has 0 aliphatic carbocycles. The molecule has 158 valence electrons. The van der Waals surface area contributed by atoms with E-state index in [1.807, 2.05) is 17.0 Å². The summed E-state index contributed by atoms with van der Waals surface area (Å²) >= 11 is 0. The molecule has 2 atom stereocenters. The lowest BCUT2D eigenvalue weighted by molar-refractivity contribution is -0.114. The fraction of sp³-hybridized carbons (Fsp3) is 0.364. The van der Waals surface area contributed by atoms with Gasteiger partial charge in [0.25, 0.3) is 5.91 Å². The molecule has 2 fully saturated rings. The zero-order valence-corrected chi connectivity index (χ0v) is 16.9. The van der Waals surface area contributed by atoms with Gasteiger partial charge in [0.15, 0.2) is 0 Å². The molecule has 2 aliphatic heterocycles. The average molecular weight is 411 g/mol. The van der Waals surface area contributed by atoms with E-state index in [0.717, 1.165) is 25.1 Å². The van der Waals surface area contributed by atoms with Gasteiger partial charge in [-0.15, -0.1) is 0 Å². The fourth-order valence-electron chi connectivity index (χ4n) is 4.01. The number of hydrazine groups is 1. The maximum atomic E-state index is 13.1. The standard InChI is InChI=1S/C22H26FN5O2/c1-15(29)24-19-8-4-17(5-9-19)22(30)28-12-10-27(11-13-28)21-14-20(25-26-21)16-2-6-18(23)7-3-16/h2-9,20-21,25-26H,10-14H2,1H3,(H,24,29). The normalized spacial score (nSPS) is 22.1. The van der Waals surface area contributed by atoms with Crippen LogP contribution in [-0.2, 0) is 4.79 Å². The van der Waals surface area contributed by atoms with E-state index in [1.54, 1.807) is 24.3 Å². The SMILES string of the molecule is CC(=O)Nc1ccc(C(=O)N2CCN(C3CC(c4ccc(F)cc4)NN3)CC2)cc1. The minimum atomic E-state index is -0.230. The van der Waals surface area contributed by atoms with Crippen LogP contribution in [0.15, 0.2) is 48.5 Å². The van der Waals surface area contributed by atoms with Crippen molar-refractivity contribution in [1.29, 1.82) is 0 Å². The highest BCUT2D eigenvalue weighted by Gasteiger charge is 2.32. The van der Waals surface area contributed by atoms with Crippen molar-refractivity contribution in [2.24, 2.45) is 0 Å². The van der Waals surface area contributed by atoms with Gasteiger partial charge in [-0.05, 0) is 48.4 Å². The van der Waals surface area contributed by atoms with Crippen molar-refractivity contribution in [3.05, 3.63) is 65.5 Å². The van der Waals surface area contributed by atoms with Gasteiger partial charge in [0.05, 0.1) is 6.17 Å². The predicted octanol–water partition coefficient (Wildman–Crippen LogP) is 2.11.